The zero-order chi connectivity index (χ0) is 21.3. The largest absolute Gasteiger partial charge is 0.496 e. The number of nitrogens with zero attached hydrogens (tertiary/aromatic N) is 3. The second-order valence-electron chi connectivity index (χ2n) is 6.87. The summed E-state index contributed by atoms with van der Waals surface area (Å²) in [4.78, 5) is 25.1. The molecule has 1 amide bonds. The van der Waals surface area contributed by atoms with Crippen LogP contribution in [0.1, 0.15) is 6.92 Å². The van der Waals surface area contributed by atoms with Crippen molar-refractivity contribution in [2.24, 2.45) is 0 Å². The summed E-state index contributed by atoms with van der Waals surface area (Å²) in [5, 5.41) is 11.3. The van der Waals surface area contributed by atoms with E-state index < -0.39 is 6.10 Å². The van der Waals surface area contributed by atoms with E-state index in [4.69, 9.17) is 14.9 Å². The highest BCUT2D eigenvalue weighted by Crippen LogP contribution is 2.38. The van der Waals surface area contributed by atoms with E-state index in [1.54, 1.807) is 12.3 Å². The maximum Gasteiger partial charge on any atom is 0.222 e. The number of ether oxygens (including phenoxy) is 2. The monoisotopic (exact) mass is 412 g/mol. The standard InChI is InChI=1S/C20H21FN6O3/c1-11(28)26-18(22)16-9-27(5-6-30-16)20-17-14(8-23-19(17)24-10-25-20)13-7-12(21)3-4-15(13)29-2/h3-4,7-8,10,16H,5-6,9H2,1-2H3,(H2,22,26,28)(H,23,24,25). The molecule has 3 N–H and O–H groups in total. The quantitative estimate of drug-likeness (QED) is 0.446. The second-order valence-corrected chi connectivity index (χ2v) is 6.87. The van der Waals surface area contributed by atoms with Gasteiger partial charge in [-0.05, 0) is 18.2 Å². The van der Waals surface area contributed by atoms with Crippen molar-refractivity contribution in [2.75, 3.05) is 31.7 Å². The summed E-state index contributed by atoms with van der Waals surface area (Å²) in [6, 6.07) is 4.33. The molecule has 9 nitrogen and oxygen atoms in total. The number of morpholine rings is 1. The maximum atomic E-state index is 14.0. The first-order valence-electron chi connectivity index (χ1n) is 9.36. The predicted octanol–water partition coefficient (Wildman–Crippen LogP) is 2.09. The number of anilines is 1. The highest BCUT2D eigenvalue weighted by Gasteiger charge is 2.28. The number of aromatic amines is 1. The molecule has 4 rings (SSSR count). The molecule has 0 spiro atoms. The fourth-order valence-electron chi connectivity index (χ4n) is 3.58. The number of H-pyrrole nitrogens is 1. The molecule has 1 atom stereocenters. The van der Waals surface area contributed by atoms with Crippen LogP contribution in [0, 0.1) is 11.2 Å². The first-order chi connectivity index (χ1) is 14.5. The molecule has 1 aromatic carbocycles. The van der Waals surface area contributed by atoms with Crippen LogP contribution in [-0.4, -0.2) is 59.6 Å². The lowest BCUT2D eigenvalue weighted by molar-refractivity contribution is -0.117. The normalized spacial score (nSPS) is 16.5. The van der Waals surface area contributed by atoms with Crippen LogP contribution in [0.4, 0.5) is 10.2 Å². The van der Waals surface area contributed by atoms with Gasteiger partial charge in [0.1, 0.15) is 41.3 Å². The van der Waals surface area contributed by atoms with Crippen LogP contribution in [0.3, 0.4) is 0 Å². The minimum Gasteiger partial charge on any atom is -0.496 e. The molecule has 0 bridgehead atoms. The second kappa shape index (κ2) is 8.07. The molecule has 30 heavy (non-hydrogen) atoms. The van der Waals surface area contributed by atoms with Gasteiger partial charge in [-0.25, -0.2) is 14.4 Å². The van der Waals surface area contributed by atoms with Gasteiger partial charge in [0, 0.05) is 30.8 Å². The van der Waals surface area contributed by atoms with Gasteiger partial charge in [-0.1, -0.05) is 0 Å². The van der Waals surface area contributed by atoms with E-state index in [-0.39, 0.29) is 17.6 Å². The maximum absolute atomic E-state index is 14.0. The minimum absolute atomic E-state index is 0.00130. The highest BCUT2D eigenvalue weighted by atomic mass is 19.1. The molecule has 0 saturated carbocycles. The van der Waals surface area contributed by atoms with E-state index >= 15 is 0 Å². The first kappa shape index (κ1) is 19.8. The van der Waals surface area contributed by atoms with Crippen molar-refractivity contribution in [3.63, 3.8) is 0 Å². The summed E-state index contributed by atoms with van der Waals surface area (Å²) < 4.78 is 25.1. The van der Waals surface area contributed by atoms with Crippen LogP contribution in [0.2, 0.25) is 0 Å². The van der Waals surface area contributed by atoms with Gasteiger partial charge in [-0.2, -0.15) is 0 Å². The number of carbonyl (C=O) groups is 1. The molecule has 0 aliphatic carbocycles. The Morgan fingerprint density at radius 3 is 3.00 bits per heavy atom. The van der Waals surface area contributed by atoms with Crippen molar-refractivity contribution in [2.45, 2.75) is 13.0 Å². The van der Waals surface area contributed by atoms with E-state index in [1.807, 2.05) is 4.90 Å². The Morgan fingerprint density at radius 1 is 1.40 bits per heavy atom. The van der Waals surface area contributed by atoms with Crippen molar-refractivity contribution in [3.8, 4) is 16.9 Å². The number of hydrogen-bond donors (Lipinski definition) is 3. The molecular formula is C20H21FN6O3. The Kier molecular flexibility index (Phi) is 5.32. The van der Waals surface area contributed by atoms with E-state index in [0.717, 1.165) is 0 Å². The number of halogens is 1. The molecule has 3 aromatic rings. The van der Waals surface area contributed by atoms with Crippen LogP contribution in [0.25, 0.3) is 22.2 Å². The zero-order valence-corrected chi connectivity index (χ0v) is 16.5. The lowest BCUT2D eigenvalue weighted by atomic mass is 10.0. The first-order valence-corrected chi connectivity index (χ1v) is 9.36. The number of fused-ring (bicyclic) bond motifs is 1. The summed E-state index contributed by atoms with van der Waals surface area (Å²) in [6.07, 6.45) is 2.60. The number of amidine groups is 1. The lowest BCUT2D eigenvalue weighted by Gasteiger charge is -2.34. The average Bonchev–Trinajstić information content (AvgIpc) is 3.17. The molecule has 2 aromatic heterocycles. The van der Waals surface area contributed by atoms with Gasteiger partial charge in [0.2, 0.25) is 5.91 Å². The molecule has 10 heteroatoms. The molecule has 156 valence electrons. The number of nitrogens with one attached hydrogen (secondary N) is 3. The summed E-state index contributed by atoms with van der Waals surface area (Å²) >= 11 is 0. The van der Waals surface area contributed by atoms with Crippen molar-refractivity contribution >= 4 is 28.6 Å². The Labute approximate surface area is 171 Å². The summed E-state index contributed by atoms with van der Waals surface area (Å²) in [6.45, 7) is 2.58. The fraction of sp³-hybridized carbons (Fsp3) is 0.300. The minimum atomic E-state index is -0.598. The Balaban J connectivity index is 1.76. The summed E-state index contributed by atoms with van der Waals surface area (Å²) in [7, 11) is 1.53. The van der Waals surface area contributed by atoms with Gasteiger partial charge in [-0.15, -0.1) is 0 Å². The van der Waals surface area contributed by atoms with E-state index in [2.05, 4.69) is 20.3 Å². The molecule has 1 aliphatic heterocycles. The smallest absolute Gasteiger partial charge is 0.222 e. The predicted molar refractivity (Wildman–Crippen MR) is 109 cm³/mol. The van der Waals surface area contributed by atoms with Gasteiger partial charge in [-0.3, -0.25) is 10.2 Å². The van der Waals surface area contributed by atoms with Gasteiger partial charge in [0.05, 0.1) is 25.6 Å². The Bertz CT molecular complexity index is 1120. The number of aromatic nitrogens is 3. The van der Waals surface area contributed by atoms with Crippen LogP contribution in [0.15, 0.2) is 30.7 Å². The van der Waals surface area contributed by atoms with Crippen LogP contribution < -0.4 is 15.0 Å². The van der Waals surface area contributed by atoms with Gasteiger partial charge in [0.15, 0.2) is 0 Å². The van der Waals surface area contributed by atoms with Crippen LogP contribution in [0.5, 0.6) is 5.75 Å². The molecule has 1 unspecified atom stereocenters. The third kappa shape index (κ3) is 3.69. The SMILES string of the molecule is COc1ccc(F)cc1-c1c[nH]c2ncnc(N3CCOC(C(=N)NC(C)=O)C3)c12. The van der Waals surface area contributed by atoms with Crippen molar-refractivity contribution < 1.29 is 18.7 Å². The average molecular weight is 412 g/mol. The number of hydrogen-bond acceptors (Lipinski definition) is 7. The molecule has 1 saturated heterocycles. The third-order valence-electron chi connectivity index (χ3n) is 4.90. The van der Waals surface area contributed by atoms with Crippen LogP contribution >= 0.6 is 0 Å². The van der Waals surface area contributed by atoms with Crippen LogP contribution in [-0.2, 0) is 9.53 Å². The molecule has 3 heterocycles. The topological polar surface area (TPSA) is 116 Å². The molecule has 0 radical (unpaired) electrons. The zero-order valence-electron chi connectivity index (χ0n) is 16.5. The highest BCUT2D eigenvalue weighted by molar-refractivity contribution is 6.03. The molecule has 1 fully saturated rings. The summed E-state index contributed by atoms with van der Waals surface area (Å²) in [5.74, 6) is 0.453. The fourth-order valence-corrected chi connectivity index (χ4v) is 3.58. The van der Waals surface area contributed by atoms with Crippen molar-refractivity contribution in [1.82, 2.24) is 20.3 Å². The number of methoxy groups -OCH3 is 1. The molecular weight excluding hydrogens is 391 g/mol. The Morgan fingerprint density at radius 2 is 2.23 bits per heavy atom. The molecule has 1 aliphatic rings. The van der Waals surface area contributed by atoms with Crippen molar-refractivity contribution in [3.05, 3.63) is 36.5 Å². The van der Waals surface area contributed by atoms with E-state index in [9.17, 15) is 9.18 Å². The number of rotatable bonds is 4. The Hall–Kier alpha value is -3.53. The number of benzene rings is 1. The van der Waals surface area contributed by atoms with Crippen molar-refractivity contribution in [1.29, 1.82) is 5.41 Å². The third-order valence-corrected chi connectivity index (χ3v) is 4.90. The van der Waals surface area contributed by atoms with Gasteiger partial charge in [0.25, 0.3) is 0 Å². The number of amides is 1. The van der Waals surface area contributed by atoms with E-state index in [1.165, 1.54) is 32.5 Å². The summed E-state index contributed by atoms with van der Waals surface area (Å²) in [5.41, 5.74) is 1.88. The van der Waals surface area contributed by atoms with Gasteiger partial charge >= 0.3 is 0 Å². The van der Waals surface area contributed by atoms with E-state index in [0.29, 0.717) is 53.4 Å². The number of carbonyl (C=O) groups excluding carboxylic acids is 1. The van der Waals surface area contributed by atoms with Gasteiger partial charge < -0.3 is 24.7 Å². The lowest BCUT2D eigenvalue weighted by Crippen LogP contribution is -2.50.